The summed E-state index contributed by atoms with van der Waals surface area (Å²) in [4.78, 5) is 0. The van der Waals surface area contributed by atoms with E-state index in [-0.39, 0.29) is 0 Å². The summed E-state index contributed by atoms with van der Waals surface area (Å²) < 4.78 is 29.2. The first-order valence-corrected chi connectivity index (χ1v) is 8.51. The average Bonchev–Trinajstić information content (AvgIpc) is 2.79. The molecule has 0 unspecified atom stereocenters. The van der Waals surface area contributed by atoms with Gasteiger partial charge in [-0.05, 0) is 13.0 Å². The minimum Gasteiger partial charge on any atom is -0.314 e. The third-order valence-electron chi connectivity index (χ3n) is 3.15. The second kappa shape index (κ2) is 7.88. The Morgan fingerprint density at radius 2 is 2.00 bits per heavy atom. The van der Waals surface area contributed by atoms with E-state index in [0.29, 0.717) is 19.1 Å². The molecular weight excluding hydrogens is 290 g/mol. The van der Waals surface area contributed by atoms with E-state index in [1.807, 2.05) is 13.2 Å². The summed E-state index contributed by atoms with van der Waals surface area (Å²) in [7, 11) is 1.59. The van der Waals surface area contributed by atoms with Crippen LogP contribution in [0.3, 0.4) is 0 Å². The molecule has 1 aromatic rings. The largest absolute Gasteiger partial charge is 0.314 e. The maximum atomic E-state index is 12.4. The lowest BCUT2D eigenvalue weighted by Gasteiger charge is -2.24. The molecule has 0 aliphatic carbocycles. The highest BCUT2D eigenvalue weighted by molar-refractivity contribution is 7.86. The number of hydrogen-bond donors (Lipinski definition) is 1. The molecule has 0 aromatic carbocycles. The first kappa shape index (κ1) is 18.1. The molecule has 0 saturated heterocycles. The van der Waals surface area contributed by atoms with E-state index in [1.165, 1.54) is 8.61 Å². The van der Waals surface area contributed by atoms with Gasteiger partial charge >= 0.3 is 0 Å². The van der Waals surface area contributed by atoms with Crippen LogP contribution in [0.5, 0.6) is 0 Å². The molecule has 0 aliphatic heterocycles. The highest BCUT2D eigenvalue weighted by atomic mass is 32.2. The van der Waals surface area contributed by atoms with Crippen LogP contribution in [-0.2, 0) is 23.8 Å². The molecule has 0 radical (unpaired) electrons. The van der Waals surface area contributed by atoms with Crippen molar-refractivity contribution in [2.24, 2.45) is 7.05 Å². The lowest BCUT2D eigenvalue weighted by Crippen LogP contribution is -2.40. The summed E-state index contributed by atoms with van der Waals surface area (Å²) in [6.07, 6.45) is 4.28. The fraction of sp³-hybridized carbons (Fsp3) is 0.769. The Hall–Kier alpha value is -0.960. The van der Waals surface area contributed by atoms with Gasteiger partial charge in [-0.2, -0.15) is 22.1 Å². The quantitative estimate of drug-likeness (QED) is 0.670. The maximum absolute atomic E-state index is 12.4. The zero-order chi connectivity index (χ0) is 16.0. The van der Waals surface area contributed by atoms with E-state index >= 15 is 0 Å². The van der Waals surface area contributed by atoms with E-state index < -0.39 is 10.2 Å². The van der Waals surface area contributed by atoms with Gasteiger partial charge in [-0.1, -0.05) is 13.8 Å². The van der Waals surface area contributed by atoms with E-state index in [9.17, 15) is 8.42 Å². The van der Waals surface area contributed by atoms with Gasteiger partial charge in [0.2, 0.25) is 0 Å². The highest BCUT2D eigenvalue weighted by Gasteiger charge is 2.23. The van der Waals surface area contributed by atoms with Crippen LogP contribution in [0.4, 0.5) is 0 Å². The number of aryl methyl sites for hydroxylation is 1. The predicted octanol–water partition coefficient (Wildman–Crippen LogP) is 0.417. The third kappa shape index (κ3) is 5.74. The molecule has 0 bridgehead atoms. The van der Waals surface area contributed by atoms with Gasteiger partial charge < -0.3 is 5.32 Å². The summed E-state index contributed by atoms with van der Waals surface area (Å²) in [5.74, 6) is 0. The Kier molecular flexibility index (Phi) is 6.79. The van der Waals surface area contributed by atoms with Crippen LogP contribution in [0.15, 0.2) is 12.4 Å². The molecule has 1 aromatic heterocycles. The van der Waals surface area contributed by atoms with Crippen LogP contribution >= 0.6 is 0 Å². The smallest absolute Gasteiger partial charge is 0.281 e. The molecule has 0 fully saturated rings. The molecule has 1 N–H and O–H groups in total. The van der Waals surface area contributed by atoms with E-state index in [0.717, 1.165) is 18.5 Å². The lowest BCUT2D eigenvalue weighted by atomic mass is 10.3. The van der Waals surface area contributed by atoms with Gasteiger partial charge in [-0.25, -0.2) is 0 Å². The summed E-state index contributed by atoms with van der Waals surface area (Å²) in [6.45, 7) is 5.78. The second-order valence-electron chi connectivity index (χ2n) is 5.57. The zero-order valence-corrected chi connectivity index (χ0v) is 14.4. The average molecular weight is 317 g/mol. The zero-order valence-electron chi connectivity index (χ0n) is 13.6. The SMILES string of the molecule is CC(C)NCCCN(C)S(=O)(=O)N(C)Cc1cnn(C)c1. The molecule has 7 nitrogen and oxygen atoms in total. The number of aromatic nitrogens is 2. The number of rotatable bonds is 9. The first-order valence-electron chi connectivity index (χ1n) is 7.12. The van der Waals surface area contributed by atoms with Crippen molar-refractivity contribution < 1.29 is 8.42 Å². The van der Waals surface area contributed by atoms with E-state index in [1.54, 1.807) is 25.0 Å². The Labute approximate surface area is 128 Å². The Bertz CT molecular complexity index is 526. The molecule has 21 heavy (non-hydrogen) atoms. The van der Waals surface area contributed by atoms with Crippen LogP contribution < -0.4 is 5.32 Å². The molecule has 0 atom stereocenters. The number of nitrogens with one attached hydrogen (secondary N) is 1. The van der Waals surface area contributed by atoms with E-state index in [4.69, 9.17) is 0 Å². The summed E-state index contributed by atoms with van der Waals surface area (Å²) >= 11 is 0. The lowest BCUT2D eigenvalue weighted by molar-refractivity contribution is 0.382. The van der Waals surface area contributed by atoms with Gasteiger partial charge in [-0.3, -0.25) is 4.68 Å². The van der Waals surface area contributed by atoms with Crippen LogP contribution in [0, 0.1) is 0 Å². The Morgan fingerprint density at radius 1 is 1.33 bits per heavy atom. The normalized spacial score (nSPS) is 12.8. The van der Waals surface area contributed by atoms with Gasteiger partial charge in [0.05, 0.1) is 6.20 Å². The van der Waals surface area contributed by atoms with Crippen molar-refractivity contribution in [2.45, 2.75) is 32.9 Å². The summed E-state index contributed by atoms with van der Waals surface area (Å²) in [5.41, 5.74) is 0.874. The van der Waals surface area contributed by atoms with Crippen molar-refractivity contribution in [3.63, 3.8) is 0 Å². The molecule has 122 valence electrons. The first-order chi connectivity index (χ1) is 9.73. The van der Waals surface area contributed by atoms with Crippen molar-refractivity contribution in [3.05, 3.63) is 18.0 Å². The Balaban J connectivity index is 2.50. The van der Waals surface area contributed by atoms with Gasteiger partial charge in [0.15, 0.2) is 0 Å². The number of hydrogen-bond acceptors (Lipinski definition) is 4. The van der Waals surface area contributed by atoms with Crippen LogP contribution in [0.1, 0.15) is 25.8 Å². The van der Waals surface area contributed by atoms with Crippen molar-refractivity contribution in [2.75, 3.05) is 27.2 Å². The monoisotopic (exact) mass is 317 g/mol. The maximum Gasteiger partial charge on any atom is 0.281 e. The molecule has 1 heterocycles. The molecule has 0 spiro atoms. The third-order valence-corrected chi connectivity index (χ3v) is 5.04. The molecule has 0 aliphatic rings. The van der Waals surface area contributed by atoms with Crippen molar-refractivity contribution in [1.29, 1.82) is 0 Å². The van der Waals surface area contributed by atoms with Gasteiger partial charge in [-0.15, -0.1) is 0 Å². The fourth-order valence-corrected chi connectivity index (χ4v) is 3.09. The van der Waals surface area contributed by atoms with Crippen molar-refractivity contribution in [1.82, 2.24) is 23.7 Å². The van der Waals surface area contributed by atoms with Gasteiger partial charge in [0.1, 0.15) is 0 Å². The Morgan fingerprint density at radius 3 is 2.52 bits per heavy atom. The highest BCUT2D eigenvalue weighted by Crippen LogP contribution is 2.09. The standard InChI is InChI=1S/C13H27N5O2S/c1-12(2)14-7-6-8-17(4)21(19,20)18(5)11-13-9-15-16(3)10-13/h9-10,12,14H,6-8,11H2,1-5H3. The van der Waals surface area contributed by atoms with Gasteiger partial charge in [0.25, 0.3) is 10.2 Å². The number of nitrogens with zero attached hydrogens (tertiary/aromatic N) is 4. The van der Waals surface area contributed by atoms with E-state index in [2.05, 4.69) is 24.3 Å². The molecule has 0 saturated carbocycles. The molecule has 8 heteroatoms. The molecule has 0 amide bonds. The predicted molar refractivity (Wildman–Crippen MR) is 84.0 cm³/mol. The molecule has 1 rings (SSSR count). The van der Waals surface area contributed by atoms with Crippen molar-refractivity contribution >= 4 is 10.2 Å². The molecular formula is C13H27N5O2S. The second-order valence-corrected chi connectivity index (χ2v) is 7.71. The minimum atomic E-state index is -3.43. The van der Waals surface area contributed by atoms with Crippen molar-refractivity contribution in [3.8, 4) is 0 Å². The van der Waals surface area contributed by atoms with Crippen LogP contribution in [-0.4, -0.2) is 60.0 Å². The minimum absolute atomic E-state index is 0.324. The van der Waals surface area contributed by atoms with Crippen LogP contribution in [0.2, 0.25) is 0 Å². The topological polar surface area (TPSA) is 70.5 Å². The van der Waals surface area contributed by atoms with Gasteiger partial charge in [0, 0.05) is 52.0 Å². The summed E-state index contributed by atoms with van der Waals surface area (Å²) in [6, 6.07) is 0.417. The van der Waals surface area contributed by atoms with Crippen LogP contribution in [0.25, 0.3) is 0 Å². The summed E-state index contributed by atoms with van der Waals surface area (Å²) in [5, 5.41) is 7.33. The fourth-order valence-electron chi connectivity index (χ4n) is 1.94.